The largest absolute Gasteiger partial charge is 0.481 e. The molecule has 6 nitrogen and oxygen atoms in total. The van der Waals surface area contributed by atoms with Gasteiger partial charge in [0.25, 0.3) is 5.91 Å². The fraction of sp³-hybridized carbons (Fsp3) is 0.346. The van der Waals surface area contributed by atoms with Crippen molar-refractivity contribution in [1.82, 2.24) is 9.88 Å². The van der Waals surface area contributed by atoms with Gasteiger partial charge in [-0.25, -0.2) is 4.39 Å². The highest BCUT2D eigenvalue weighted by Gasteiger charge is 2.31. The van der Waals surface area contributed by atoms with Gasteiger partial charge in [-0.3, -0.25) is 14.6 Å². The van der Waals surface area contributed by atoms with E-state index in [9.17, 15) is 19.1 Å². The molecule has 1 saturated heterocycles. The second-order valence-corrected chi connectivity index (χ2v) is 8.67. The maximum atomic E-state index is 13.8. The van der Waals surface area contributed by atoms with Gasteiger partial charge in [0.2, 0.25) is 0 Å². The number of hydrogen-bond acceptors (Lipinski definition) is 4. The first-order valence-corrected chi connectivity index (χ1v) is 11.1. The molecule has 1 aliphatic heterocycles. The fourth-order valence-electron chi connectivity index (χ4n) is 4.65. The second-order valence-electron chi connectivity index (χ2n) is 8.67. The van der Waals surface area contributed by atoms with E-state index in [0.29, 0.717) is 30.7 Å². The number of pyridine rings is 1. The Kier molecular flexibility index (Phi) is 6.31. The maximum Gasteiger partial charge on any atom is 0.308 e. The molecule has 1 fully saturated rings. The van der Waals surface area contributed by atoms with Gasteiger partial charge >= 0.3 is 5.97 Å². The van der Waals surface area contributed by atoms with Crippen LogP contribution in [0.25, 0.3) is 22.0 Å². The highest BCUT2D eigenvalue weighted by Crippen LogP contribution is 2.34. The number of aryl methyl sites for hydroxylation is 2. The topological polar surface area (TPSA) is 79.7 Å². The van der Waals surface area contributed by atoms with Gasteiger partial charge in [-0.15, -0.1) is 0 Å². The van der Waals surface area contributed by atoms with E-state index < -0.39 is 18.0 Å². The third kappa shape index (κ3) is 4.67. The average molecular weight is 451 g/mol. The van der Waals surface area contributed by atoms with E-state index in [1.54, 1.807) is 30.2 Å². The second kappa shape index (κ2) is 9.17. The zero-order valence-electron chi connectivity index (χ0n) is 19.0. The molecule has 1 N–H and O–H groups in total. The summed E-state index contributed by atoms with van der Waals surface area (Å²) in [6, 6.07) is 10.4. The summed E-state index contributed by atoms with van der Waals surface area (Å²) in [5, 5.41) is 10.2. The van der Waals surface area contributed by atoms with Crippen LogP contribution >= 0.6 is 0 Å². The van der Waals surface area contributed by atoms with Crippen molar-refractivity contribution in [2.75, 3.05) is 13.1 Å². The number of carbonyl (C=O) groups excluding carboxylic acids is 1. The van der Waals surface area contributed by atoms with Crippen LogP contribution < -0.4 is 4.74 Å². The summed E-state index contributed by atoms with van der Waals surface area (Å²) in [4.78, 5) is 30.2. The van der Waals surface area contributed by atoms with Crippen molar-refractivity contribution in [2.24, 2.45) is 5.92 Å². The number of amides is 1. The van der Waals surface area contributed by atoms with E-state index in [1.807, 2.05) is 26.0 Å². The number of likely N-dealkylation sites (tertiary alicyclic amines) is 1. The number of aliphatic carboxylic acids is 1. The Morgan fingerprint density at radius 2 is 1.91 bits per heavy atom. The van der Waals surface area contributed by atoms with Crippen LogP contribution in [0.4, 0.5) is 4.39 Å². The number of benzene rings is 2. The predicted molar refractivity (Wildman–Crippen MR) is 124 cm³/mol. The van der Waals surface area contributed by atoms with Gasteiger partial charge in [0.15, 0.2) is 6.10 Å². The number of ether oxygens (including phenoxy) is 1. The SMILES string of the molecule is Cc1cc(F)cc(C)c1-c1ccnc2cc(OC(C)C(=O)N3CCCC(C(=O)O)C3)ccc12. The van der Waals surface area contributed by atoms with Crippen LogP contribution in [0.3, 0.4) is 0 Å². The highest BCUT2D eigenvalue weighted by atomic mass is 19.1. The van der Waals surface area contributed by atoms with Crippen LogP contribution in [-0.4, -0.2) is 46.1 Å². The van der Waals surface area contributed by atoms with E-state index in [2.05, 4.69) is 4.98 Å². The Hall–Kier alpha value is -3.48. The van der Waals surface area contributed by atoms with Crippen molar-refractivity contribution >= 4 is 22.8 Å². The van der Waals surface area contributed by atoms with Gasteiger partial charge in [-0.05, 0) is 86.2 Å². The molecule has 7 heteroatoms. The Morgan fingerprint density at radius 1 is 1.18 bits per heavy atom. The van der Waals surface area contributed by atoms with Crippen molar-refractivity contribution < 1.29 is 23.8 Å². The van der Waals surface area contributed by atoms with Gasteiger partial charge < -0.3 is 14.7 Å². The summed E-state index contributed by atoms with van der Waals surface area (Å²) in [6.45, 7) is 6.19. The molecule has 0 saturated carbocycles. The van der Waals surface area contributed by atoms with Crippen molar-refractivity contribution in [3.05, 3.63) is 59.5 Å². The van der Waals surface area contributed by atoms with E-state index in [-0.39, 0.29) is 18.3 Å². The summed E-state index contributed by atoms with van der Waals surface area (Å²) in [5.74, 6) is -1.38. The number of halogens is 1. The van der Waals surface area contributed by atoms with Gasteiger partial charge in [0, 0.05) is 30.7 Å². The normalized spacial score (nSPS) is 17.1. The molecule has 3 aromatic rings. The van der Waals surface area contributed by atoms with E-state index in [1.165, 1.54) is 12.1 Å². The zero-order chi connectivity index (χ0) is 23.7. The molecular weight excluding hydrogens is 423 g/mol. The van der Waals surface area contributed by atoms with Gasteiger partial charge in [0.1, 0.15) is 11.6 Å². The zero-order valence-corrected chi connectivity index (χ0v) is 19.0. The Labute approximate surface area is 192 Å². The van der Waals surface area contributed by atoms with Crippen LogP contribution in [0, 0.1) is 25.6 Å². The van der Waals surface area contributed by atoms with Crippen LogP contribution in [0.1, 0.15) is 30.9 Å². The minimum atomic E-state index is -0.871. The van der Waals surface area contributed by atoms with Gasteiger partial charge in [-0.1, -0.05) is 0 Å². The smallest absolute Gasteiger partial charge is 0.308 e. The summed E-state index contributed by atoms with van der Waals surface area (Å²) in [5.41, 5.74) is 4.33. The molecule has 0 spiro atoms. The molecule has 2 aromatic carbocycles. The van der Waals surface area contributed by atoms with Crippen molar-refractivity contribution in [2.45, 2.75) is 39.7 Å². The first kappa shape index (κ1) is 22.7. The number of nitrogens with zero attached hydrogens (tertiary/aromatic N) is 2. The maximum absolute atomic E-state index is 13.8. The molecule has 33 heavy (non-hydrogen) atoms. The lowest BCUT2D eigenvalue weighted by Gasteiger charge is -2.32. The van der Waals surface area contributed by atoms with Crippen molar-refractivity contribution in [3.8, 4) is 16.9 Å². The lowest BCUT2D eigenvalue weighted by Crippen LogP contribution is -2.47. The lowest BCUT2D eigenvalue weighted by atomic mass is 9.93. The first-order chi connectivity index (χ1) is 15.7. The summed E-state index contributed by atoms with van der Waals surface area (Å²) in [6.07, 6.45) is 2.21. The molecule has 1 aliphatic rings. The van der Waals surface area contributed by atoms with E-state index in [4.69, 9.17) is 4.74 Å². The molecule has 172 valence electrons. The number of hydrogen-bond donors (Lipinski definition) is 1. The molecular formula is C26H27FN2O4. The molecule has 0 bridgehead atoms. The quantitative estimate of drug-likeness (QED) is 0.607. The number of fused-ring (bicyclic) bond motifs is 1. The number of carboxylic acids is 1. The molecule has 2 heterocycles. The van der Waals surface area contributed by atoms with Crippen molar-refractivity contribution in [1.29, 1.82) is 0 Å². The van der Waals surface area contributed by atoms with Gasteiger partial charge in [0.05, 0.1) is 11.4 Å². The van der Waals surface area contributed by atoms with Crippen LogP contribution in [0.15, 0.2) is 42.6 Å². The molecule has 2 atom stereocenters. The Morgan fingerprint density at radius 3 is 2.61 bits per heavy atom. The van der Waals surface area contributed by atoms with Crippen LogP contribution in [0.5, 0.6) is 5.75 Å². The molecule has 4 rings (SSSR count). The van der Waals surface area contributed by atoms with Crippen LogP contribution in [0.2, 0.25) is 0 Å². The third-order valence-corrected chi connectivity index (χ3v) is 6.22. The summed E-state index contributed by atoms with van der Waals surface area (Å²) >= 11 is 0. The number of carboxylic acid groups (broad SMARTS) is 1. The van der Waals surface area contributed by atoms with E-state index in [0.717, 1.165) is 27.6 Å². The minimum Gasteiger partial charge on any atom is -0.481 e. The molecule has 1 amide bonds. The Balaban J connectivity index is 1.57. The number of rotatable bonds is 5. The molecule has 1 aromatic heterocycles. The molecule has 0 aliphatic carbocycles. The minimum absolute atomic E-state index is 0.209. The predicted octanol–water partition coefficient (Wildman–Crippen LogP) is 4.75. The average Bonchev–Trinajstić information content (AvgIpc) is 2.78. The standard InChI is InChI=1S/C26H27FN2O4/c1-15-11-19(27)12-16(2)24(15)22-8-9-28-23-13-20(6-7-21(22)23)33-17(3)25(30)29-10-4-5-18(14-29)26(31)32/h6-9,11-13,17-18H,4-5,10,14H2,1-3H3,(H,31,32). The van der Waals surface area contributed by atoms with Crippen molar-refractivity contribution in [3.63, 3.8) is 0 Å². The molecule has 2 unspecified atom stereocenters. The Bertz CT molecular complexity index is 1200. The monoisotopic (exact) mass is 450 g/mol. The lowest BCUT2D eigenvalue weighted by molar-refractivity contribution is -0.147. The van der Waals surface area contributed by atoms with Crippen LogP contribution in [-0.2, 0) is 9.59 Å². The third-order valence-electron chi connectivity index (χ3n) is 6.22. The number of carbonyl (C=O) groups is 2. The summed E-state index contributed by atoms with van der Waals surface area (Å²) in [7, 11) is 0. The molecule has 0 radical (unpaired) electrons. The highest BCUT2D eigenvalue weighted by molar-refractivity contribution is 5.96. The fourth-order valence-corrected chi connectivity index (χ4v) is 4.65. The van der Waals surface area contributed by atoms with E-state index >= 15 is 0 Å². The summed E-state index contributed by atoms with van der Waals surface area (Å²) < 4.78 is 19.7. The first-order valence-electron chi connectivity index (χ1n) is 11.1. The number of piperidine rings is 1. The van der Waals surface area contributed by atoms with Gasteiger partial charge in [-0.2, -0.15) is 0 Å². The number of aromatic nitrogens is 1.